The van der Waals surface area contributed by atoms with Gasteiger partial charge in [-0.25, -0.2) is 4.99 Å². The lowest BCUT2D eigenvalue weighted by Crippen LogP contribution is -2.44. The highest BCUT2D eigenvalue weighted by Crippen LogP contribution is 2.30. The van der Waals surface area contributed by atoms with Crippen molar-refractivity contribution in [2.24, 2.45) is 15.9 Å². The fraction of sp³-hybridized carbons (Fsp3) is 0.586. The van der Waals surface area contributed by atoms with Crippen LogP contribution in [-0.4, -0.2) is 65.5 Å². The van der Waals surface area contributed by atoms with Crippen LogP contribution >= 0.6 is 11.6 Å². The number of piperidine rings is 1. The Kier molecular flexibility index (Phi) is 11.1. The maximum atomic E-state index is 12.1. The fourth-order valence-electron chi connectivity index (χ4n) is 5.33. The summed E-state index contributed by atoms with van der Waals surface area (Å²) in [5.74, 6) is -0.209. The molecule has 0 saturated carbocycles. The van der Waals surface area contributed by atoms with Gasteiger partial charge in [-0.05, 0) is 75.3 Å². The minimum Gasteiger partial charge on any atom is -0.389 e. The van der Waals surface area contributed by atoms with Gasteiger partial charge in [0.15, 0.2) is 0 Å². The number of rotatable bonds is 11. The second kappa shape index (κ2) is 14.1. The summed E-state index contributed by atoms with van der Waals surface area (Å²) in [6.45, 7) is 12.7. The van der Waals surface area contributed by atoms with Gasteiger partial charge in [0.05, 0.1) is 11.7 Å². The highest BCUT2D eigenvalue weighted by Gasteiger charge is 2.37. The number of nitrogens with zero attached hydrogens (tertiary/aromatic N) is 4. The number of carbonyl (C=O) groups is 1. The third-order valence-electron chi connectivity index (χ3n) is 8.07. The van der Waals surface area contributed by atoms with Crippen molar-refractivity contribution in [3.05, 3.63) is 51.2 Å². The van der Waals surface area contributed by atoms with E-state index >= 15 is 0 Å². The number of aryl methyl sites for hydroxylation is 1. The smallest absolute Gasteiger partial charge is 0.248 e. The predicted octanol–water partition coefficient (Wildman–Crippen LogP) is 4.93. The van der Waals surface area contributed by atoms with Gasteiger partial charge in [-0.15, -0.1) is 0 Å². The van der Waals surface area contributed by atoms with Crippen molar-refractivity contribution >= 4 is 34.1 Å². The van der Waals surface area contributed by atoms with E-state index in [9.17, 15) is 14.8 Å². The third-order valence-corrected chi connectivity index (χ3v) is 8.39. The van der Waals surface area contributed by atoms with Crippen molar-refractivity contribution < 1.29 is 9.90 Å². The molecule has 0 spiro atoms. The number of nitroso groups, excluding NO2 is 1. The zero-order valence-corrected chi connectivity index (χ0v) is 24.6. The van der Waals surface area contributed by atoms with Crippen LogP contribution in [0.25, 0.3) is 0 Å². The van der Waals surface area contributed by atoms with Crippen molar-refractivity contribution in [3.8, 4) is 0 Å². The largest absolute Gasteiger partial charge is 0.389 e. The van der Waals surface area contributed by atoms with Crippen LogP contribution in [0.5, 0.6) is 0 Å². The van der Waals surface area contributed by atoms with Crippen molar-refractivity contribution in [1.29, 1.82) is 0 Å². The summed E-state index contributed by atoms with van der Waals surface area (Å²) in [7, 11) is 0. The Morgan fingerprint density at radius 2 is 1.85 bits per heavy atom. The van der Waals surface area contributed by atoms with E-state index in [4.69, 9.17) is 17.3 Å². The first-order valence-electron chi connectivity index (χ1n) is 14.0. The molecule has 4 N–H and O–H groups in total. The summed E-state index contributed by atoms with van der Waals surface area (Å²) in [5.41, 5.74) is 11.1. The van der Waals surface area contributed by atoms with Crippen LogP contribution in [-0.2, 0) is 11.2 Å². The normalized spacial score (nSPS) is 22.4. The molecule has 2 aliphatic rings. The Balaban J connectivity index is 1.78. The van der Waals surface area contributed by atoms with Crippen molar-refractivity contribution in [3.63, 3.8) is 0 Å². The number of primary amides is 1. The molecule has 0 bridgehead atoms. The summed E-state index contributed by atoms with van der Waals surface area (Å²) >= 11 is 6.64. The number of nitrogens with one attached hydrogen (secondary N) is 1. The first-order chi connectivity index (χ1) is 18.6. The topological polar surface area (TPSA) is 124 Å². The summed E-state index contributed by atoms with van der Waals surface area (Å²) in [6, 6.07) is 6.10. The first kappa shape index (κ1) is 30.8. The van der Waals surface area contributed by atoms with Crippen LogP contribution in [0.2, 0.25) is 0 Å². The number of hydrogen-bond donors (Lipinski definition) is 3. The number of benzene rings is 1. The lowest BCUT2D eigenvalue weighted by Gasteiger charge is -2.38. The van der Waals surface area contributed by atoms with Gasteiger partial charge >= 0.3 is 0 Å². The van der Waals surface area contributed by atoms with Crippen LogP contribution < -0.4 is 16.0 Å². The molecule has 2 atom stereocenters. The Morgan fingerprint density at radius 1 is 1.15 bits per heavy atom. The van der Waals surface area contributed by atoms with E-state index in [1.165, 1.54) is 0 Å². The second-order valence-corrected chi connectivity index (χ2v) is 10.8. The molecule has 1 aromatic carbocycles. The molecule has 10 heteroatoms. The number of halogens is 1. The van der Waals surface area contributed by atoms with E-state index in [0.717, 1.165) is 73.3 Å². The quantitative estimate of drug-likeness (QED) is 0.201. The van der Waals surface area contributed by atoms with Crippen molar-refractivity contribution in [1.82, 2.24) is 4.90 Å². The molecule has 1 aromatic rings. The molecule has 2 saturated heterocycles. The van der Waals surface area contributed by atoms with E-state index in [0.29, 0.717) is 35.7 Å². The molecule has 0 aromatic heterocycles. The Hall–Kier alpha value is -2.75. The minimum absolute atomic E-state index is 0.310. The number of anilines is 2. The Labute approximate surface area is 237 Å². The molecule has 214 valence electrons. The molecule has 2 fully saturated rings. The number of β-amino-alcohol motifs (C(OH)–C–C–N with tert-alkyl or cyclic N) is 1. The van der Waals surface area contributed by atoms with Crippen LogP contribution in [0.4, 0.5) is 11.4 Å². The molecule has 39 heavy (non-hydrogen) atoms. The van der Waals surface area contributed by atoms with Crippen LogP contribution in [0.15, 0.2) is 50.9 Å². The second-order valence-electron chi connectivity index (χ2n) is 10.4. The Bertz CT molecular complexity index is 1140. The lowest BCUT2D eigenvalue weighted by atomic mass is 10.0. The fourth-order valence-corrected chi connectivity index (χ4v) is 5.71. The molecule has 0 aliphatic carbocycles. The molecule has 0 unspecified atom stereocenters. The number of likely N-dealkylation sites (tertiary alicyclic amines) is 1. The highest BCUT2D eigenvalue weighted by molar-refractivity contribution is 6.69. The number of amides is 1. The average molecular weight is 559 g/mol. The monoisotopic (exact) mass is 558 g/mol. The first-order valence-corrected chi connectivity index (χ1v) is 14.3. The number of hydrogen-bond acceptors (Lipinski definition) is 8. The molecule has 1 amide bonds. The van der Waals surface area contributed by atoms with Gasteiger partial charge in [0.2, 0.25) is 5.91 Å². The maximum Gasteiger partial charge on any atom is 0.248 e. The average Bonchev–Trinajstić information content (AvgIpc) is 3.33. The van der Waals surface area contributed by atoms with Crippen molar-refractivity contribution in [2.75, 3.05) is 36.4 Å². The van der Waals surface area contributed by atoms with Gasteiger partial charge in [-0.3, -0.25) is 9.69 Å². The van der Waals surface area contributed by atoms with Gasteiger partial charge in [-0.1, -0.05) is 43.1 Å². The van der Waals surface area contributed by atoms with E-state index < -0.39 is 18.1 Å². The van der Waals surface area contributed by atoms with Gasteiger partial charge in [-0.2, -0.15) is 4.91 Å². The van der Waals surface area contributed by atoms with Gasteiger partial charge in [0, 0.05) is 43.6 Å². The van der Waals surface area contributed by atoms with Crippen LogP contribution in [0.1, 0.15) is 65.9 Å². The molecule has 2 heterocycles. The SMILES string of the molecule is CC/C(C)=C(CC)/C(Cl)=N\C(Nc1ccc(N2CCC(N3C[C@@H](O)[C@H](N=O)C3)CC2)cc1CC)=C(/C)C(N)=O. The van der Waals surface area contributed by atoms with E-state index in [-0.39, 0.29) is 0 Å². The number of allylic oxidation sites excluding steroid dienone is 2. The van der Waals surface area contributed by atoms with E-state index in [1.54, 1.807) is 6.92 Å². The molecular weight excluding hydrogens is 516 g/mol. The molecular formula is C29H43ClN6O3. The number of aliphatic hydroxyl groups excluding tert-OH is 1. The lowest BCUT2D eigenvalue weighted by molar-refractivity contribution is -0.114. The standard InChI is InChI=1S/C29H43ClN6O3/c1-6-18(4)23(8-3)27(30)33-29(19(5)28(31)38)32-24-10-9-22(15-20(24)7-2)35-13-11-21(12-14-35)36-16-25(34-39)26(37)17-36/h9-10,15,21,25-26,32,37H,6-8,11-14,16-17H2,1-5H3,(H2,31,38)/b23-18+,29-19+,33-27+/t25-,26-/m1/s1. The number of aliphatic hydroxyl groups is 1. The predicted molar refractivity (Wildman–Crippen MR) is 160 cm³/mol. The van der Waals surface area contributed by atoms with Crippen LogP contribution in [0, 0.1) is 4.91 Å². The maximum absolute atomic E-state index is 12.1. The molecule has 2 aliphatic heterocycles. The molecule has 3 rings (SSSR count). The highest BCUT2D eigenvalue weighted by atomic mass is 35.5. The summed E-state index contributed by atoms with van der Waals surface area (Å²) in [5, 5.41) is 16.8. The van der Waals surface area contributed by atoms with Gasteiger partial charge in [0.25, 0.3) is 0 Å². The zero-order valence-electron chi connectivity index (χ0n) is 23.8. The Morgan fingerprint density at radius 3 is 2.38 bits per heavy atom. The number of nitrogens with two attached hydrogens (primary N) is 1. The van der Waals surface area contributed by atoms with Crippen molar-refractivity contribution in [2.45, 2.75) is 84.9 Å². The zero-order chi connectivity index (χ0) is 28.7. The molecule has 9 nitrogen and oxygen atoms in total. The summed E-state index contributed by atoms with van der Waals surface area (Å²) < 4.78 is 0. The van der Waals surface area contributed by atoms with Gasteiger partial charge in [0.1, 0.15) is 17.0 Å². The number of carbonyl (C=O) groups excluding carboxylic acids is 1. The van der Waals surface area contributed by atoms with E-state index in [2.05, 4.69) is 51.3 Å². The molecule has 0 radical (unpaired) electrons. The number of aliphatic imine (C=N–C) groups is 1. The minimum atomic E-state index is -0.663. The summed E-state index contributed by atoms with van der Waals surface area (Å²) in [4.78, 5) is 32.2. The van der Waals surface area contributed by atoms with Gasteiger partial charge < -0.3 is 21.1 Å². The van der Waals surface area contributed by atoms with Crippen LogP contribution in [0.3, 0.4) is 0 Å². The van der Waals surface area contributed by atoms with E-state index in [1.807, 2.05) is 19.9 Å². The summed E-state index contributed by atoms with van der Waals surface area (Å²) in [6.07, 6.45) is 3.65. The third kappa shape index (κ3) is 7.47.